The number of aromatic nitrogens is 4. The first-order valence-corrected chi connectivity index (χ1v) is 5.67. The standard InChI is InChI=1S/C6H5IN4OS/c1-13-5-9-4-3(7)2-8-11(4)6(12)10-5/h2H,1H3,(H,9,10,12). The second-order valence-corrected chi connectivity index (χ2v) is 4.17. The Hall–Kier alpha value is -0.570. The Bertz CT molecular complexity index is 457. The third-order valence-electron chi connectivity index (χ3n) is 1.47. The van der Waals surface area contributed by atoms with Crippen LogP contribution in [0, 0.1) is 3.57 Å². The van der Waals surface area contributed by atoms with Crippen molar-refractivity contribution in [3.63, 3.8) is 0 Å². The highest BCUT2D eigenvalue weighted by molar-refractivity contribution is 14.1. The third kappa shape index (κ3) is 1.46. The van der Waals surface area contributed by atoms with Gasteiger partial charge in [-0.2, -0.15) is 14.6 Å². The molecular formula is C6H5IN4OS. The fourth-order valence-corrected chi connectivity index (χ4v) is 1.73. The number of fused-ring (bicyclic) bond motifs is 1. The van der Waals surface area contributed by atoms with Gasteiger partial charge in [0.25, 0.3) is 0 Å². The summed E-state index contributed by atoms with van der Waals surface area (Å²) >= 11 is 3.49. The van der Waals surface area contributed by atoms with E-state index in [4.69, 9.17) is 0 Å². The third-order valence-corrected chi connectivity index (χ3v) is 2.78. The monoisotopic (exact) mass is 308 g/mol. The molecule has 2 heterocycles. The van der Waals surface area contributed by atoms with Gasteiger partial charge >= 0.3 is 6.01 Å². The van der Waals surface area contributed by atoms with Crippen LogP contribution in [0.25, 0.3) is 5.65 Å². The molecule has 0 spiro atoms. The molecule has 0 bridgehead atoms. The quantitative estimate of drug-likeness (QED) is 0.632. The number of thioether (sulfide) groups is 1. The Kier molecular flexibility index (Phi) is 2.28. The maximum Gasteiger partial charge on any atom is 0.319 e. The second kappa shape index (κ2) is 3.29. The largest absolute Gasteiger partial charge is 0.479 e. The molecule has 0 aliphatic heterocycles. The minimum atomic E-state index is -0.128. The van der Waals surface area contributed by atoms with E-state index in [1.54, 1.807) is 6.20 Å². The zero-order valence-electron chi connectivity index (χ0n) is 6.60. The summed E-state index contributed by atoms with van der Waals surface area (Å²) in [5, 5.41) is 13.9. The van der Waals surface area contributed by atoms with Gasteiger partial charge in [0.15, 0.2) is 10.8 Å². The van der Waals surface area contributed by atoms with Crippen molar-refractivity contribution in [3.05, 3.63) is 9.77 Å². The number of hydrogen-bond donors (Lipinski definition) is 1. The normalized spacial score (nSPS) is 10.9. The smallest absolute Gasteiger partial charge is 0.319 e. The number of hydrogen-bond acceptors (Lipinski definition) is 5. The topological polar surface area (TPSA) is 63.3 Å². The van der Waals surface area contributed by atoms with Crippen LogP contribution in [0.2, 0.25) is 0 Å². The maximum atomic E-state index is 9.43. The van der Waals surface area contributed by atoms with Crippen molar-refractivity contribution in [1.82, 2.24) is 19.6 Å². The molecule has 0 aliphatic rings. The Morgan fingerprint density at radius 2 is 2.31 bits per heavy atom. The van der Waals surface area contributed by atoms with Crippen molar-refractivity contribution in [2.45, 2.75) is 5.16 Å². The van der Waals surface area contributed by atoms with Gasteiger partial charge in [-0.15, -0.1) is 0 Å². The lowest BCUT2D eigenvalue weighted by molar-refractivity contribution is 0.404. The van der Waals surface area contributed by atoms with E-state index in [-0.39, 0.29) is 6.01 Å². The first kappa shape index (κ1) is 9.00. The molecule has 68 valence electrons. The van der Waals surface area contributed by atoms with E-state index in [2.05, 4.69) is 37.7 Å². The van der Waals surface area contributed by atoms with Crippen molar-refractivity contribution in [3.8, 4) is 6.01 Å². The summed E-state index contributed by atoms with van der Waals surface area (Å²) in [6.45, 7) is 0. The molecule has 2 rings (SSSR count). The van der Waals surface area contributed by atoms with E-state index in [9.17, 15) is 5.11 Å². The molecule has 2 aromatic rings. The lowest BCUT2D eigenvalue weighted by Gasteiger charge is -1.98. The Morgan fingerprint density at radius 1 is 1.54 bits per heavy atom. The molecule has 0 aliphatic carbocycles. The summed E-state index contributed by atoms with van der Waals surface area (Å²) in [4.78, 5) is 8.04. The van der Waals surface area contributed by atoms with Crippen molar-refractivity contribution >= 4 is 40.0 Å². The molecule has 0 saturated carbocycles. The van der Waals surface area contributed by atoms with Crippen molar-refractivity contribution in [1.29, 1.82) is 0 Å². The molecule has 0 aromatic carbocycles. The summed E-state index contributed by atoms with van der Waals surface area (Å²) in [6, 6.07) is -0.128. The predicted molar refractivity (Wildman–Crippen MR) is 56.9 cm³/mol. The molecule has 1 N–H and O–H groups in total. The number of aromatic hydroxyl groups is 1. The van der Waals surface area contributed by atoms with Gasteiger partial charge in [0.05, 0.1) is 9.77 Å². The number of rotatable bonds is 1. The highest BCUT2D eigenvalue weighted by atomic mass is 127. The van der Waals surface area contributed by atoms with Gasteiger partial charge in [-0.25, -0.2) is 4.98 Å². The van der Waals surface area contributed by atoms with Gasteiger partial charge in [0.2, 0.25) is 0 Å². The average Bonchev–Trinajstić information content (AvgIpc) is 2.48. The molecule has 0 fully saturated rings. The van der Waals surface area contributed by atoms with Crippen LogP contribution < -0.4 is 0 Å². The highest BCUT2D eigenvalue weighted by Crippen LogP contribution is 2.18. The molecular weight excluding hydrogens is 303 g/mol. The molecule has 0 unspecified atom stereocenters. The van der Waals surface area contributed by atoms with Crippen LogP contribution in [0.15, 0.2) is 11.4 Å². The minimum absolute atomic E-state index is 0.128. The summed E-state index contributed by atoms with van der Waals surface area (Å²) in [6.07, 6.45) is 3.49. The first-order chi connectivity index (χ1) is 6.22. The number of nitrogens with zero attached hydrogens (tertiary/aromatic N) is 4. The Morgan fingerprint density at radius 3 is 3.00 bits per heavy atom. The fraction of sp³-hybridized carbons (Fsp3) is 0.167. The zero-order valence-corrected chi connectivity index (χ0v) is 9.57. The first-order valence-electron chi connectivity index (χ1n) is 3.36. The van der Waals surface area contributed by atoms with Gasteiger partial charge in [0, 0.05) is 0 Å². The predicted octanol–water partition coefficient (Wildman–Crippen LogP) is 1.16. The fourth-order valence-electron chi connectivity index (χ4n) is 0.909. The van der Waals surface area contributed by atoms with E-state index in [1.807, 2.05) is 6.26 Å². The lowest BCUT2D eigenvalue weighted by atomic mass is 10.7. The molecule has 0 saturated heterocycles. The summed E-state index contributed by atoms with van der Waals surface area (Å²) in [5.74, 6) is 0. The second-order valence-electron chi connectivity index (χ2n) is 2.24. The van der Waals surface area contributed by atoms with Crippen LogP contribution in [0.3, 0.4) is 0 Å². The van der Waals surface area contributed by atoms with Gasteiger partial charge in [-0.3, -0.25) is 0 Å². The molecule has 0 radical (unpaired) electrons. The molecule has 5 nitrogen and oxygen atoms in total. The molecule has 13 heavy (non-hydrogen) atoms. The lowest BCUT2D eigenvalue weighted by Crippen LogP contribution is -1.96. The van der Waals surface area contributed by atoms with Crippen LogP contribution >= 0.6 is 34.4 Å². The summed E-state index contributed by atoms with van der Waals surface area (Å²) in [7, 11) is 0. The minimum Gasteiger partial charge on any atom is -0.479 e. The van der Waals surface area contributed by atoms with E-state index >= 15 is 0 Å². The van der Waals surface area contributed by atoms with Crippen molar-refractivity contribution in [2.75, 3.05) is 6.26 Å². The maximum absolute atomic E-state index is 9.43. The van der Waals surface area contributed by atoms with Gasteiger partial charge in [-0.1, -0.05) is 11.8 Å². The van der Waals surface area contributed by atoms with Crippen LogP contribution in [0.1, 0.15) is 0 Å². The van der Waals surface area contributed by atoms with Gasteiger partial charge < -0.3 is 5.11 Å². The Labute approximate surface area is 91.7 Å². The zero-order chi connectivity index (χ0) is 9.42. The van der Waals surface area contributed by atoms with Crippen molar-refractivity contribution < 1.29 is 5.11 Å². The molecule has 7 heteroatoms. The van der Waals surface area contributed by atoms with Gasteiger partial charge in [-0.05, 0) is 28.8 Å². The van der Waals surface area contributed by atoms with Crippen LogP contribution in [-0.2, 0) is 0 Å². The van der Waals surface area contributed by atoms with E-state index in [0.29, 0.717) is 10.8 Å². The molecule has 2 aromatic heterocycles. The molecule has 0 atom stereocenters. The van der Waals surface area contributed by atoms with Crippen LogP contribution in [0.5, 0.6) is 6.01 Å². The molecule has 0 amide bonds. The highest BCUT2D eigenvalue weighted by Gasteiger charge is 2.09. The van der Waals surface area contributed by atoms with Crippen LogP contribution in [0.4, 0.5) is 0 Å². The SMILES string of the molecule is CSc1nc(O)n2ncc(I)c2n1. The van der Waals surface area contributed by atoms with Crippen molar-refractivity contribution in [2.24, 2.45) is 0 Å². The van der Waals surface area contributed by atoms with E-state index in [1.165, 1.54) is 16.3 Å². The van der Waals surface area contributed by atoms with Gasteiger partial charge in [0.1, 0.15) is 0 Å². The van der Waals surface area contributed by atoms with Crippen LogP contribution in [-0.4, -0.2) is 30.9 Å². The summed E-state index contributed by atoms with van der Waals surface area (Å²) < 4.78 is 2.20. The average molecular weight is 308 g/mol. The van der Waals surface area contributed by atoms with E-state index in [0.717, 1.165) is 3.57 Å². The number of halogens is 1. The van der Waals surface area contributed by atoms with E-state index < -0.39 is 0 Å². The Balaban J connectivity index is 2.80. The summed E-state index contributed by atoms with van der Waals surface area (Å²) in [5.41, 5.74) is 0.637.